The quantitative estimate of drug-likeness (QED) is 0.726. The largest absolute Gasteiger partial charge is 0.355 e. The van der Waals surface area contributed by atoms with Crippen LogP contribution in [-0.2, 0) is 9.59 Å². The fourth-order valence-electron chi connectivity index (χ4n) is 2.83. The van der Waals surface area contributed by atoms with Crippen LogP contribution in [0.4, 0.5) is 0 Å². The number of likely N-dealkylation sites (tertiary alicyclic amines) is 1. The fraction of sp³-hybridized carbons (Fsp3) is 0.846. The van der Waals surface area contributed by atoms with E-state index >= 15 is 0 Å². The highest BCUT2D eigenvalue weighted by Crippen LogP contribution is 2.17. The zero-order valence-electron chi connectivity index (χ0n) is 11.2. The third-order valence-electron chi connectivity index (χ3n) is 4.07. The first-order chi connectivity index (χ1) is 8.56. The van der Waals surface area contributed by atoms with E-state index in [2.05, 4.69) is 29.5 Å². The fourth-order valence-corrected chi connectivity index (χ4v) is 2.83. The molecule has 3 atom stereocenters. The van der Waals surface area contributed by atoms with Gasteiger partial charge in [0.2, 0.25) is 11.8 Å². The average molecular weight is 253 g/mol. The first-order valence-corrected chi connectivity index (χ1v) is 6.82. The molecule has 2 rings (SSSR count). The van der Waals surface area contributed by atoms with Crippen LogP contribution in [0.1, 0.15) is 26.2 Å². The number of amides is 2. The summed E-state index contributed by atoms with van der Waals surface area (Å²) in [5, 5.41) is 5.92. The minimum absolute atomic E-state index is 0.0467. The molecule has 2 heterocycles. The molecule has 0 aliphatic carbocycles. The second kappa shape index (κ2) is 5.69. The maximum atomic E-state index is 12.1. The van der Waals surface area contributed by atoms with E-state index in [4.69, 9.17) is 0 Å². The van der Waals surface area contributed by atoms with E-state index in [0.717, 1.165) is 19.5 Å². The monoisotopic (exact) mass is 253 g/mol. The number of nitrogens with one attached hydrogen (secondary N) is 2. The normalized spacial score (nSPS) is 33.9. The lowest BCUT2D eigenvalue weighted by atomic mass is 9.92. The van der Waals surface area contributed by atoms with E-state index in [-0.39, 0.29) is 23.8 Å². The molecule has 2 aliphatic rings. The van der Waals surface area contributed by atoms with Crippen LogP contribution in [0.5, 0.6) is 0 Å². The van der Waals surface area contributed by atoms with Gasteiger partial charge in [0.15, 0.2) is 0 Å². The maximum Gasteiger partial charge on any atom is 0.225 e. The first-order valence-electron chi connectivity index (χ1n) is 6.82. The van der Waals surface area contributed by atoms with Crippen LogP contribution in [0.2, 0.25) is 0 Å². The van der Waals surface area contributed by atoms with Crippen molar-refractivity contribution in [2.24, 2.45) is 11.8 Å². The maximum absolute atomic E-state index is 12.1. The van der Waals surface area contributed by atoms with Crippen LogP contribution in [0.25, 0.3) is 0 Å². The third-order valence-corrected chi connectivity index (χ3v) is 4.07. The number of nitrogens with zero attached hydrogens (tertiary/aromatic N) is 1. The van der Waals surface area contributed by atoms with Crippen molar-refractivity contribution >= 4 is 11.8 Å². The number of hydrogen-bond acceptors (Lipinski definition) is 3. The van der Waals surface area contributed by atoms with Crippen LogP contribution in [0.15, 0.2) is 0 Å². The molecule has 2 N–H and O–H groups in total. The Balaban J connectivity index is 1.82. The van der Waals surface area contributed by atoms with Crippen molar-refractivity contribution in [2.45, 2.75) is 32.2 Å². The van der Waals surface area contributed by atoms with E-state index in [9.17, 15) is 9.59 Å². The number of piperidine rings is 2. The van der Waals surface area contributed by atoms with Crippen molar-refractivity contribution in [1.82, 2.24) is 15.5 Å². The molecule has 0 radical (unpaired) electrons. The zero-order valence-corrected chi connectivity index (χ0v) is 11.2. The molecule has 0 bridgehead atoms. The number of rotatable bonds is 2. The van der Waals surface area contributed by atoms with Gasteiger partial charge in [-0.15, -0.1) is 0 Å². The van der Waals surface area contributed by atoms with Gasteiger partial charge in [-0.05, 0) is 32.4 Å². The van der Waals surface area contributed by atoms with Crippen LogP contribution in [-0.4, -0.2) is 49.4 Å². The Morgan fingerprint density at radius 2 is 2.22 bits per heavy atom. The Morgan fingerprint density at radius 1 is 1.44 bits per heavy atom. The topological polar surface area (TPSA) is 61.4 Å². The number of carbonyl (C=O) groups is 2. The van der Waals surface area contributed by atoms with Crippen molar-refractivity contribution < 1.29 is 9.59 Å². The Morgan fingerprint density at radius 3 is 2.83 bits per heavy atom. The molecule has 2 aliphatic heterocycles. The van der Waals surface area contributed by atoms with Gasteiger partial charge in [-0.2, -0.15) is 0 Å². The molecule has 3 unspecified atom stereocenters. The van der Waals surface area contributed by atoms with Crippen LogP contribution in [0.3, 0.4) is 0 Å². The first kappa shape index (κ1) is 13.3. The van der Waals surface area contributed by atoms with Crippen LogP contribution in [0, 0.1) is 11.8 Å². The standard InChI is InChI=1S/C13H23N3O2/c1-9-8-16(2)6-5-11(9)15-13(18)10-3-4-12(17)14-7-10/h9-11H,3-8H2,1-2H3,(H,14,17)(H,15,18). The molecular weight excluding hydrogens is 230 g/mol. The SMILES string of the molecule is CC1CN(C)CCC1NC(=O)C1CCC(=O)NC1. The molecule has 2 fully saturated rings. The lowest BCUT2D eigenvalue weighted by molar-refractivity contribution is -0.129. The summed E-state index contributed by atoms with van der Waals surface area (Å²) in [6, 6.07) is 0.284. The minimum Gasteiger partial charge on any atom is -0.355 e. The molecule has 5 nitrogen and oxygen atoms in total. The molecule has 0 aromatic heterocycles. The van der Waals surface area contributed by atoms with Gasteiger partial charge in [0.1, 0.15) is 0 Å². The van der Waals surface area contributed by atoms with E-state index in [1.165, 1.54) is 0 Å². The lowest BCUT2D eigenvalue weighted by Crippen LogP contribution is -2.52. The summed E-state index contributed by atoms with van der Waals surface area (Å²) >= 11 is 0. The molecule has 5 heteroatoms. The van der Waals surface area contributed by atoms with Gasteiger partial charge >= 0.3 is 0 Å². The third kappa shape index (κ3) is 3.22. The van der Waals surface area contributed by atoms with Crippen molar-refractivity contribution in [1.29, 1.82) is 0 Å². The molecule has 0 saturated carbocycles. The Labute approximate surface area is 108 Å². The molecule has 0 aromatic rings. The molecule has 2 amide bonds. The average Bonchev–Trinajstić information content (AvgIpc) is 2.33. The highest BCUT2D eigenvalue weighted by molar-refractivity contribution is 5.83. The molecule has 102 valence electrons. The van der Waals surface area contributed by atoms with Gasteiger partial charge < -0.3 is 15.5 Å². The Bertz CT molecular complexity index is 322. The summed E-state index contributed by atoms with van der Waals surface area (Å²) in [6.45, 7) is 4.75. The summed E-state index contributed by atoms with van der Waals surface area (Å²) in [5.74, 6) is 0.614. The molecule has 0 aromatic carbocycles. The highest BCUT2D eigenvalue weighted by Gasteiger charge is 2.29. The van der Waals surface area contributed by atoms with Gasteiger partial charge in [-0.25, -0.2) is 0 Å². The molecule has 0 spiro atoms. The smallest absolute Gasteiger partial charge is 0.225 e. The summed E-state index contributed by atoms with van der Waals surface area (Å²) in [6.07, 6.45) is 2.17. The van der Waals surface area contributed by atoms with Crippen molar-refractivity contribution in [3.8, 4) is 0 Å². The predicted molar refractivity (Wildman–Crippen MR) is 68.9 cm³/mol. The second-order valence-electron chi connectivity index (χ2n) is 5.68. The zero-order chi connectivity index (χ0) is 13.1. The van der Waals surface area contributed by atoms with E-state index in [0.29, 0.717) is 25.3 Å². The van der Waals surface area contributed by atoms with E-state index in [1.807, 2.05) is 0 Å². The number of carbonyl (C=O) groups excluding carboxylic acids is 2. The van der Waals surface area contributed by atoms with Gasteiger partial charge in [-0.3, -0.25) is 9.59 Å². The van der Waals surface area contributed by atoms with Crippen LogP contribution >= 0.6 is 0 Å². The van der Waals surface area contributed by atoms with E-state index in [1.54, 1.807) is 0 Å². The van der Waals surface area contributed by atoms with Crippen LogP contribution < -0.4 is 10.6 Å². The van der Waals surface area contributed by atoms with Gasteiger partial charge in [0, 0.05) is 25.6 Å². The minimum atomic E-state index is -0.0467. The Hall–Kier alpha value is -1.10. The van der Waals surface area contributed by atoms with Gasteiger partial charge in [0.05, 0.1) is 5.92 Å². The Kier molecular flexibility index (Phi) is 4.22. The van der Waals surface area contributed by atoms with Gasteiger partial charge in [0.25, 0.3) is 0 Å². The lowest BCUT2D eigenvalue weighted by Gasteiger charge is -2.36. The molecule has 2 saturated heterocycles. The summed E-state index contributed by atoms with van der Waals surface area (Å²) in [4.78, 5) is 25.5. The summed E-state index contributed by atoms with van der Waals surface area (Å²) in [7, 11) is 2.12. The second-order valence-corrected chi connectivity index (χ2v) is 5.68. The molecule has 18 heavy (non-hydrogen) atoms. The summed E-state index contributed by atoms with van der Waals surface area (Å²) < 4.78 is 0. The van der Waals surface area contributed by atoms with Gasteiger partial charge in [-0.1, -0.05) is 6.92 Å². The van der Waals surface area contributed by atoms with E-state index < -0.39 is 0 Å². The number of hydrogen-bond donors (Lipinski definition) is 2. The highest BCUT2D eigenvalue weighted by atomic mass is 16.2. The summed E-state index contributed by atoms with van der Waals surface area (Å²) in [5.41, 5.74) is 0. The van der Waals surface area contributed by atoms with Crippen molar-refractivity contribution in [3.05, 3.63) is 0 Å². The predicted octanol–water partition coefficient (Wildman–Crippen LogP) is -0.0310. The molecular formula is C13H23N3O2. The van der Waals surface area contributed by atoms with Crippen molar-refractivity contribution in [2.75, 3.05) is 26.7 Å². The van der Waals surface area contributed by atoms with Crippen molar-refractivity contribution in [3.63, 3.8) is 0 Å².